The first kappa shape index (κ1) is 23.3. The summed E-state index contributed by atoms with van der Waals surface area (Å²) in [6, 6.07) is 7.55. The molecule has 178 valence electrons. The topological polar surface area (TPSA) is 137 Å². The lowest BCUT2D eigenvalue weighted by Crippen LogP contribution is -2.40. The number of fused-ring (bicyclic) bond motifs is 1. The molecule has 4 aromatic rings. The number of nitrogens with one attached hydrogen (secondary N) is 1. The van der Waals surface area contributed by atoms with E-state index in [2.05, 4.69) is 15.1 Å². The molecule has 2 amide bonds. The summed E-state index contributed by atoms with van der Waals surface area (Å²) in [6.45, 7) is 4.59. The Hall–Kier alpha value is -3.86. The smallest absolute Gasteiger partial charge is 0.332 e. The van der Waals surface area contributed by atoms with Crippen molar-refractivity contribution in [2.45, 2.75) is 39.8 Å². The molecule has 0 aliphatic heterocycles. The summed E-state index contributed by atoms with van der Waals surface area (Å²) in [5.74, 6) is 0.587. The second kappa shape index (κ2) is 9.18. The fourth-order valence-electron chi connectivity index (χ4n) is 3.90. The Morgan fingerprint density at radius 3 is 2.50 bits per heavy atom. The predicted molar refractivity (Wildman–Crippen MR) is 131 cm³/mol. The molecule has 34 heavy (non-hydrogen) atoms. The van der Waals surface area contributed by atoms with Gasteiger partial charge in [-0.15, -0.1) is 0 Å². The van der Waals surface area contributed by atoms with E-state index >= 15 is 0 Å². The zero-order valence-electron chi connectivity index (χ0n) is 19.1. The monoisotopic (exact) mass is 484 g/mol. The molecule has 3 heterocycles. The summed E-state index contributed by atoms with van der Waals surface area (Å²) < 4.78 is 4.24. The van der Waals surface area contributed by atoms with Gasteiger partial charge in [-0.3, -0.25) is 18.6 Å². The zero-order valence-corrected chi connectivity index (χ0v) is 19.8. The maximum atomic E-state index is 13.0. The van der Waals surface area contributed by atoms with Crippen molar-refractivity contribution in [1.29, 1.82) is 0 Å². The van der Waals surface area contributed by atoms with Crippen LogP contribution >= 0.6 is 11.6 Å². The van der Waals surface area contributed by atoms with Crippen LogP contribution in [0.5, 0.6) is 0 Å². The van der Waals surface area contributed by atoms with Gasteiger partial charge in [0.2, 0.25) is 0 Å². The number of rotatable bonds is 7. The highest BCUT2D eigenvalue weighted by molar-refractivity contribution is 6.31. The van der Waals surface area contributed by atoms with Crippen LogP contribution in [0, 0.1) is 0 Å². The van der Waals surface area contributed by atoms with Gasteiger partial charge in [0.05, 0.1) is 5.69 Å². The summed E-state index contributed by atoms with van der Waals surface area (Å²) in [5, 5.41) is 4.86. The molecule has 3 N–H and O–H groups in total. The largest absolute Gasteiger partial charge is 0.351 e. The number of hydrogen-bond donors (Lipinski definition) is 2. The highest BCUT2D eigenvalue weighted by atomic mass is 35.5. The molecule has 0 fully saturated rings. The molecule has 4 rings (SSSR count). The standard InChI is InChI=1S/C22H25ClN8O3/c1-4-9-29-19-17(20(32)30(10-5-2)22(29)34)25-18(26-19)15-12-16(27-28(15)3)31(21(24)33)14-8-6-7-13(23)11-14/h6-8,11-12H,4-5,9-10H2,1-3H3,(H2,24,33)(H,25,26). The van der Waals surface area contributed by atoms with Gasteiger partial charge in [0.25, 0.3) is 5.56 Å². The quantitative estimate of drug-likeness (QED) is 0.415. The molecule has 0 saturated carbocycles. The fraction of sp³-hybridized carbons (Fsp3) is 0.318. The first-order chi connectivity index (χ1) is 16.3. The van der Waals surface area contributed by atoms with E-state index in [9.17, 15) is 14.4 Å². The lowest BCUT2D eigenvalue weighted by molar-refractivity contribution is 0.256. The number of anilines is 2. The van der Waals surface area contributed by atoms with Gasteiger partial charge in [0.15, 0.2) is 17.3 Å². The number of nitrogens with zero attached hydrogens (tertiary/aromatic N) is 6. The van der Waals surface area contributed by atoms with E-state index in [1.165, 1.54) is 18.7 Å². The number of halogens is 1. The maximum absolute atomic E-state index is 13.0. The van der Waals surface area contributed by atoms with E-state index in [1.807, 2.05) is 13.8 Å². The van der Waals surface area contributed by atoms with E-state index in [1.54, 1.807) is 37.4 Å². The Balaban J connectivity index is 1.88. The number of H-pyrrole nitrogens is 1. The lowest BCUT2D eigenvalue weighted by atomic mass is 10.3. The van der Waals surface area contributed by atoms with Crippen LogP contribution in [0.25, 0.3) is 22.7 Å². The number of nitrogens with two attached hydrogens (primary N) is 1. The van der Waals surface area contributed by atoms with Crippen molar-refractivity contribution in [2.24, 2.45) is 12.8 Å². The fourth-order valence-corrected chi connectivity index (χ4v) is 4.09. The van der Waals surface area contributed by atoms with Gasteiger partial charge in [-0.2, -0.15) is 5.10 Å². The molecule has 0 aliphatic carbocycles. The van der Waals surface area contributed by atoms with E-state index in [-0.39, 0.29) is 22.7 Å². The molecule has 0 unspecified atom stereocenters. The molecule has 0 spiro atoms. The van der Waals surface area contributed by atoms with Gasteiger partial charge >= 0.3 is 11.7 Å². The van der Waals surface area contributed by atoms with Gasteiger partial charge < -0.3 is 10.7 Å². The SMILES string of the molecule is CCCn1c(=O)c2[nH]c(-c3cc(N(C(N)=O)c4cccc(Cl)c4)nn3C)nc2n(CCC)c1=O. The third-order valence-corrected chi connectivity index (χ3v) is 5.62. The van der Waals surface area contributed by atoms with Crippen molar-refractivity contribution in [1.82, 2.24) is 28.9 Å². The molecule has 3 aromatic heterocycles. The zero-order chi connectivity index (χ0) is 24.6. The number of carbonyl (C=O) groups excluding carboxylic acids is 1. The number of primary amides is 1. The van der Waals surface area contributed by atoms with E-state index in [0.717, 1.165) is 0 Å². The van der Waals surface area contributed by atoms with Gasteiger partial charge in [0.1, 0.15) is 11.2 Å². The summed E-state index contributed by atoms with van der Waals surface area (Å²) in [4.78, 5) is 47.1. The maximum Gasteiger partial charge on any atom is 0.332 e. The Kier molecular flexibility index (Phi) is 6.29. The lowest BCUT2D eigenvalue weighted by Gasteiger charge is -2.17. The molecular formula is C22H25ClN8O3. The highest BCUT2D eigenvalue weighted by Crippen LogP contribution is 2.29. The second-order valence-electron chi connectivity index (χ2n) is 7.84. The van der Waals surface area contributed by atoms with E-state index < -0.39 is 11.6 Å². The number of aryl methyl sites for hydroxylation is 2. The molecule has 0 saturated heterocycles. The van der Waals surface area contributed by atoms with Crippen LogP contribution in [0.4, 0.5) is 16.3 Å². The number of carbonyl (C=O) groups is 1. The Labute approximate surface area is 199 Å². The van der Waals surface area contributed by atoms with Crippen LogP contribution < -0.4 is 21.9 Å². The second-order valence-corrected chi connectivity index (χ2v) is 8.28. The summed E-state index contributed by atoms with van der Waals surface area (Å²) in [5.41, 5.74) is 6.29. The molecule has 12 heteroatoms. The van der Waals surface area contributed by atoms with Crippen LogP contribution in [-0.4, -0.2) is 34.9 Å². The average Bonchev–Trinajstić information content (AvgIpc) is 3.38. The number of aromatic nitrogens is 6. The average molecular weight is 485 g/mol. The van der Waals surface area contributed by atoms with Crippen LogP contribution in [0.15, 0.2) is 39.9 Å². The Morgan fingerprint density at radius 2 is 1.85 bits per heavy atom. The summed E-state index contributed by atoms with van der Waals surface area (Å²) in [6.07, 6.45) is 1.34. The molecule has 0 radical (unpaired) electrons. The number of amides is 2. The number of imidazole rings is 1. The third kappa shape index (κ3) is 3.98. The van der Waals surface area contributed by atoms with Crippen LogP contribution in [-0.2, 0) is 20.1 Å². The van der Waals surface area contributed by atoms with Crippen molar-refractivity contribution in [2.75, 3.05) is 4.90 Å². The molecular weight excluding hydrogens is 460 g/mol. The minimum absolute atomic E-state index is 0.237. The number of urea groups is 1. The van der Waals surface area contributed by atoms with Crippen molar-refractivity contribution in [3.05, 3.63) is 56.2 Å². The van der Waals surface area contributed by atoms with Gasteiger partial charge in [0, 0.05) is 31.2 Å². The molecule has 0 bridgehead atoms. The van der Waals surface area contributed by atoms with E-state index in [0.29, 0.717) is 48.2 Å². The van der Waals surface area contributed by atoms with E-state index in [4.69, 9.17) is 17.3 Å². The minimum Gasteiger partial charge on any atom is -0.351 e. The number of hydrogen-bond acceptors (Lipinski definition) is 5. The van der Waals surface area contributed by atoms with Crippen LogP contribution in [0.1, 0.15) is 26.7 Å². The molecule has 0 aliphatic rings. The summed E-state index contributed by atoms with van der Waals surface area (Å²) in [7, 11) is 1.68. The predicted octanol–water partition coefficient (Wildman–Crippen LogP) is 2.98. The Morgan fingerprint density at radius 1 is 1.15 bits per heavy atom. The van der Waals surface area contributed by atoms with Gasteiger partial charge in [-0.25, -0.2) is 19.5 Å². The molecule has 11 nitrogen and oxygen atoms in total. The highest BCUT2D eigenvalue weighted by Gasteiger charge is 2.23. The third-order valence-electron chi connectivity index (χ3n) is 5.38. The molecule has 0 atom stereocenters. The first-order valence-corrected chi connectivity index (χ1v) is 11.3. The van der Waals surface area contributed by atoms with Crippen LogP contribution in [0.2, 0.25) is 5.02 Å². The Bertz CT molecular complexity index is 1500. The molecule has 1 aromatic carbocycles. The van der Waals surface area contributed by atoms with Crippen molar-refractivity contribution in [3.8, 4) is 11.5 Å². The first-order valence-electron chi connectivity index (χ1n) is 10.9. The van der Waals surface area contributed by atoms with Crippen molar-refractivity contribution in [3.63, 3.8) is 0 Å². The number of benzene rings is 1. The normalized spacial score (nSPS) is 11.3. The number of aromatic amines is 1. The van der Waals surface area contributed by atoms with Crippen molar-refractivity contribution >= 4 is 40.3 Å². The van der Waals surface area contributed by atoms with Gasteiger partial charge in [-0.05, 0) is 31.0 Å². The van der Waals surface area contributed by atoms with Crippen molar-refractivity contribution < 1.29 is 4.79 Å². The van der Waals surface area contributed by atoms with Crippen LogP contribution in [0.3, 0.4) is 0 Å². The van der Waals surface area contributed by atoms with Gasteiger partial charge in [-0.1, -0.05) is 31.5 Å². The minimum atomic E-state index is -0.740. The summed E-state index contributed by atoms with van der Waals surface area (Å²) >= 11 is 6.08.